The first-order valence-corrected chi connectivity index (χ1v) is 5.16. The van der Waals surface area contributed by atoms with Gasteiger partial charge >= 0.3 is 0 Å². The Morgan fingerprint density at radius 2 is 1.83 bits per heavy atom. The molecule has 12 heavy (non-hydrogen) atoms. The number of rotatable bonds is 0. The van der Waals surface area contributed by atoms with E-state index in [4.69, 9.17) is 4.84 Å². The van der Waals surface area contributed by atoms with E-state index in [1.165, 1.54) is 32.1 Å². The van der Waals surface area contributed by atoms with Crippen LogP contribution >= 0.6 is 0 Å². The molecule has 0 amide bonds. The van der Waals surface area contributed by atoms with Crippen molar-refractivity contribution in [2.75, 3.05) is 0 Å². The monoisotopic (exact) mass is 167 g/mol. The van der Waals surface area contributed by atoms with Crippen LogP contribution in [0.15, 0.2) is 0 Å². The Kier molecular flexibility index (Phi) is 1.37. The standard InChI is InChI=1S/C10H17NO/c1-10-5-7-2-8(6-10)4-9(3-7)12-11-10/h7-9,11H,2-6H2,1H3/t7-,8+,9?,10?. The van der Waals surface area contributed by atoms with E-state index in [2.05, 4.69) is 12.4 Å². The topological polar surface area (TPSA) is 21.3 Å². The number of nitrogens with one attached hydrogen (secondary N) is 1. The average molecular weight is 167 g/mol. The van der Waals surface area contributed by atoms with E-state index in [0.29, 0.717) is 11.6 Å². The molecule has 0 aromatic rings. The van der Waals surface area contributed by atoms with Crippen LogP contribution in [-0.2, 0) is 4.84 Å². The van der Waals surface area contributed by atoms with E-state index >= 15 is 0 Å². The van der Waals surface area contributed by atoms with Gasteiger partial charge in [0.1, 0.15) is 0 Å². The molecule has 1 N–H and O–H groups in total. The van der Waals surface area contributed by atoms with Crippen molar-refractivity contribution in [3.8, 4) is 0 Å². The van der Waals surface area contributed by atoms with Crippen molar-refractivity contribution in [2.45, 2.75) is 50.7 Å². The first kappa shape index (κ1) is 7.34. The van der Waals surface area contributed by atoms with Crippen LogP contribution < -0.4 is 5.48 Å². The lowest BCUT2D eigenvalue weighted by atomic mass is 9.65. The molecular formula is C10H17NO. The van der Waals surface area contributed by atoms with E-state index in [9.17, 15) is 0 Å². The summed E-state index contributed by atoms with van der Waals surface area (Å²) in [6, 6.07) is 0. The van der Waals surface area contributed by atoms with Gasteiger partial charge in [0.15, 0.2) is 0 Å². The number of hydrogen-bond acceptors (Lipinski definition) is 2. The van der Waals surface area contributed by atoms with Gasteiger partial charge in [-0.1, -0.05) is 0 Å². The summed E-state index contributed by atoms with van der Waals surface area (Å²) in [6.07, 6.45) is 7.27. The van der Waals surface area contributed by atoms with Gasteiger partial charge in [-0.05, 0) is 50.9 Å². The summed E-state index contributed by atoms with van der Waals surface area (Å²) in [4.78, 5) is 5.68. The minimum absolute atomic E-state index is 0.304. The normalized spacial score (nSPS) is 57.2. The second kappa shape index (κ2) is 2.24. The molecule has 4 atom stereocenters. The zero-order valence-corrected chi connectivity index (χ0v) is 7.68. The van der Waals surface area contributed by atoms with Crippen molar-refractivity contribution in [1.29, 1.82) is 0 Å². The van der Waals surface area contributed by atoms with Gasteiger partial charge < -0.3 is 0 Å². The maximum Gasteiger partial charge on any atom is 0.0795 e. The highest BCUT2D eigenvalue weighted by Crippen LogP contribution is 2.47. The highest BCUT2D eigenvalue weighted by atomic mass is 16.7. The molecule has 2 saturated heterocycles. The van der Waals surface area contributed by atoms with Crippen LogP contribution in [0.5, 0.6) is 0 Å². The first-order chi connectivity index (χ1) is 5.73. The van der Waals surface area contributed by atoms with Gasteiger partial charge in [-0.15, -0.1) is 0 Å². The molecule has 2 heterocycles. The van der Waals surface area contributed by atoms with Crippen molar-refractivity contribution < 1.29 is 4.84 Å². The highest BCUT2D eigenvalue weighted by Gasteiger charge is 2.45. The second-order valence-corrected chi connectivity index (χ2v) is 5.25. The van der Waals surface area contributed by atoms with Crippen molar-refractivity contribution in [3.63, 3.8) is 0 Å². The lowest BCUT2D eigenvalue weighted by molar-refractivity contribution is -0.0482. The molecule has 2 aliphatic carbocycles. The molecule has 0 aromatic carbocycles. The van der Waals surface area contributed by atoms with E-state index in [0.717, 1.165) is 11.8 Å². The van der Waals surface area contributed by atoms with Crippen molar-refractivity contribution in [3.05, 3.63) is 0 Å². The summed E-state index contributed by atoms with van der Waals surface area (Å²) < 4.78 is 0. The smallest absolute Gasteiger partial charge is 0.0795 e. The van der Waals surface area contributed by atoms with Crippen LogP contribution in [0.2, 0.25) is 0 Å². The Morgan fingerprint density at radius 3 is 2.50 bits per heavy atom. The Bertz CT molecular complexity index is 190. The van der Waals surface area contributed by atoms with Gasteiger partial charge in [0.25, 0.3) is 0 Å². The van der Waals surface area contributed by atoms with E-state index in [1.807, 2.05) is 0 Å². The average Bonchev–Trinajstić information content (AvgIpc) is 2.14. The van der Waals surface area contributed by atoms with Gasteiger partial charge in [0, 0.05) is 5.54 Å². The van der Waals surface area contributed by atoms with Gasteiger partial charge in [-0.3, -0.25) is 4.84 Å². The first-order valence-electron chi connectivity index (χ1n) is 5.16. The van der Waals surface area contributed by atoms with Crippen LogP contribution in [0.25, 0.3) is 0 Å². The molecule has 4 aliphatic rings. The van der Waals surface area contributed by atoms with Crippen LogP contribution in [0.4, 0.5) is 0 Å². The summed E-state index contributed by atoms with van der Waals surface area (Å²) in [5, 5.41) is 0. The summed E-state index contributed by atoms with van der Waals surface area (Å²) in [6.45, 7) is 2.32. The fourth-order valence-corrected chi connectivity index (χ4v) is 3.60. The third-order valence-electron chi connectivity index (χ3n) is 3.81. The fraction of sp³-hybridized carbons (Fsp3) is 1.00. The van der Waals surface area contributed by atoms with Crippen molar-refractivity contribution in [2.24, 2.45) is 11.8 Å². The molecule has 4 fully saturated rings. The predicted octanol–water partition coefficient (Wildman–Crippen LogP) is 1.86. The largest absolute Gasteiger partial charge is 0.298 e. The number of hydroxylamine groups is 1. The van der Waals surface area contributed by atoms with Gasteiger partial charge in [0.2, 0.25) is 0 Å². The molecule has 2 aliphatic heterocycles. The summed E-state index contributed by atoms with van der Waals surface area (Å²) in [7, 11) is 0. The molecule has 0 spiro atoms. The molecule has 0 radical (unpaired) electrons. The minimum atomic E-state index is 0.304. The zero-order valence-electron chi connectivity index (χ0n) is 7.68. The quantitative estimate of drug-likeness (QED) is 0.594. The SMILES string of the molecule is CC12C[C@@H]3CC(C[C@@H](C3)C1)ON2. The summed E-state index contributed by atoms with van der Waals surface area (Å²) >= 11 is 0. The minimum Gasteiger partial charge on any atom is -0.298 e. The van der Waals surface area contributed by atoms with Crippen molar-refractivity contribution >= 4 is 0 Å². The lowest BCUT2D eigenvalue weighted by Crippen LogP contribution is -2.45. The molecule has 0 aromatic heterocycles. The van der Waals surface area contributed by atoms with Crippen LogP contribution in [0, 0.1) is 11.8 Å². The Morgan fingerprint density at radius 1 is 1.17 bits per heavy atom. The molecule has 4 rings (SSSR count). The third-order valence-corrected chi connectivity index (χ3v) is 3.81. The third kappa shape index (κ3) is 1.01. The number of fused-ring (bicyclic) bond motifs is 1. The molecule has 2 nitrogen and oxygen atoms in total. The fourth-order valence-electron chi connectivity index (χ4n) is 3.60. The number of hydrogen-bond donors (Lipinski definition) is 1. The molecule has 2 saturated carbocycles. The van der Waals surface area contributed by atoms with Gasteiger partial charge in [-0.2, -0.15) is 5.48 Å². The van der Waals surface area contributed by atoms with Crippen molar-refractivity contribution in [1.82, 2.24) is 5.48 Å². The second-order valence-electron chi connectivity index (χ2n) is 5.25. The Labute approximate surface area is 73.6 Å². The molecule has 4 bridgehead atoms. The summed E-state index contributed by atoms with van der Waals surface area (Å²) in [5.41, 5.74) is 3.59. The van der Waals surface area contributed by atoms with E-state index in [1.54, 1.807) is 0 Å². The van der Waals surface area contributed by atoms with Crippen LogP contribution in [-0.4, -0.2) is 11.6 Å². The highest BCUT2D eigenvalue weighted by molar-refractivity contribution is 4.98. The molecular weight excluding hydrogens is 150 g/mol. The van der Waals surface area contributed by atoms with Gasteiger partial charge in [-0.25, -0.2) is 0 Å². The molecule has 68 valence electrons. The van der Waals surface area contributed by atoms with Crippen LogP contribution in [0.1, 0.15) is 39.0 Å². The Balaban J connectivity index is 1.94. The van der Waals surface area contributed by atoms with E-state index < -0.39 is 0 Å². The zero-order chi connectivity index (χ0) is 8.18. The maximum absolute atomic E-state index is 5.68. The summed E-state index contributed by atoms with van der Waals surface area (Å²) in [5.74, 6) is 1.89. The molecule has 2 heteroatoms. The maximum atomic E-state index is 5.68. The van der Waals surface area contributed by atoms with Gasteiger partial charge in [0.05, 0.1) is 6.10 Å². The molecule has 2 unspecified atom stereocenters. The van der Waals surface area contributed by atoms with Crippen LogP contribution in [0.3, 0.4) is 0 Å². The lowest BCUT2D eigenvalue weighted by Gasteiger charge is -2.41. The predicted molar refractivity (Wildman–Crippen MR) is 46.5 cm³/mol. The van der Waals surface area contributed by atoms with E-state index in [-0.39, 0.29) is 0 Å². The Hall–Kier alpha value is -0.0800.